The van der Waals surface area contributed by atoms with E-state index in [4.69, 9.17) is 6.42 Å². The van der Waals surface area contributed by atoms with Crippen LogP contribution in [-0.2, 0) is 16.6 Å². The molecule has 1 rings (SSSR count). The third-order valence-electron chi connectivity index (χ3n) is 3.45. The van der Waals surface area contributed by atoms with Crippen LogP contribution in [-0.4, -0.2) is 44.9 Å². The summed E-state index contributed by atoms with van der Waals surface area (Å²) in [5, 5.41) is 6.10. The summed E-state index contributed by atoms with van der Waals surface area (Å²) in [5.74, 6) is 3.13. The van der Waals surface area contributed by atoms with Gasteiger partial charge in [0.25, 0.3) is 0 Å². The zero-order valence-corrected chi connectivity index (χ0v) is 18.3. The second kappa shape index (κ2) is 11.3. The van der Waals surface area contributed by atoms with Crippen LogP contribution in [0.4, 0.5) is 0 Å². The smallest absolute Gasteiger partial charge is 0.243 e. The van der Waals surface area contributed by atoms with Gasteiger partial charge in [-0.05, 0) is 38.5 Å². The van der Waals surface area contributed by atoms with Gasteiger partial charge in [-0.25, -0.2) is 13.4 Å². The summed E-state index contributed by atoms with van der Waals surface area (Å²) < 4.78 is 26.2. The number of hydrogen-bond donors (Lipinski definition) is 2. The number of benzene rings is 1. The average Bonchev–Trinajstić information content (AvgIpc) is 2.56. The van der Waals surface area contributed by atoms with Gasteiger partial charge >= 0.3 is 0 Å². The maximum atomic E-state index is 12.4. The highest BCUT2D eigenvalue weighted by Gasteiger charge is 2.22. The molecule has 0 aliphatic carbocycles. The average molecular weight is 478 g/mol. The second-order valence-electron chi connectivity index (χ2n) is 5.51. The van der Waals surface area contributed by atoms with E-state index in [1.165, 1.54) is 4.31 Å². The first-order valence-electron chi connectivity index (χ1n) is 7.85. The SMILES string of the molecule is C#CCNC(=NCc1ccc(S(=O)(=O)N(C)C(C)C)cc1)NCC.I. The van der Waals surface area contributed by atoms with E-state index in [-0.39, 0.29) is 34.9 Å². The Hall–Kier alpha value is -1.31. The number of nitrogens with zero attached hydrogens (tertiary/aromatic N) is 2. The van der Waals surface area contributed by atoms with E-state index in [1.54, 1.807) is 31.3 Å². The highest BCUT2D eigenvalue weighted by Crippen LogP contribution is 2.17. The van der Waals surface area contributed by atoms with Crippen LogP contribution in [0.25, 0.3) is 0 Å². The van der Waals surface area contributed by atoms with Crippen LogP contribution in [0.15, 0.2) is 34.2 Å². The van der Waals surface area contributed by atoms with Crippen LogP contribution in [0.3, 0.4) is 0 Å². The van der Waals surface area contributed by atoms with Crippen molar-refractivity contribution in [3.63, 3.8) is 0 Å². The lowest BCUT2D eigenvalue weighted by atomic mass is 10.2. The zero-order valence-electron chi connectivity index (χ0n) is 15.1. The summed E-state index contributed by atoms with van der Waals surface area (Å²) in [6, 6.07) is 6.68. The Balaban J connectivity index is 0.00000576. The molecular weight excluding hydrogens is 451 g/mol. The third kappa shape index (κ3) is 7.22. The van der Waals surface area contributed by atoms with E-state index >= 15 is 0 Å². The van der Waals surface area contributed by atoms with Crippen molar-refractivity contribution in [3.05, 3.63) is 29.8 Å². The number of sulfonamides is 1. The zero-order chi connectivity index (χ0) is 18.2. The number of guanidine groups is 1. The van der Waals surface area contributed by atoms with Gasteiger partial charge in [-0.3, -0.25) is 0 Å². The van der Waals surface area contributed by atoms with Crippen molar-refractivity contribution in [3.8, 4) is 12.3 Å². The van der Waals surface area contributed by atoms with E-state index in [9.17, 15) is 8.42 Å². The van der Waals surface area contributed by atoms with Crippen LogP contribution in [0.5, 0.6) is 0 Å². The number of hydrogen-bond acceptors (Lipinski definition) is 3. The van der Waals surface area contributed by atoms with Gasteiger partial charge in [-0.2, -0.15) is 4.31 Å². The molecular formula is C17H27IN4O2S. The lowest BCUT2D eigenvalue weighted by Crippen LogP contribution is -2.37. The molecule has 0 radical (unpaired) electrons. The fraction of sp³-hybridized carbons (Fsp3) is 0.471. The molecule has 0 fully saturated rings. The molecule has 0 heterocycles. The van der Waals surface area contributed by atoms with Gasteiger partial charge in [0.1, 0.15) is 0 Å². The van der Waals surface area contributed by atoms with Crippen molar-refractivity contribution in [1.29, 1.82) is 0 Å². The van der Waals surface area contributed by atoms with Crippen LogP contribution in [0, 0.1) is 12.3 Å². The van der Waals surface area contributed by atoms with Crippen LogP contribution < -0.4 is 10.6 Å². The molecule has 25 heavy (non-hydrogen) atoms. The summed E-state index contributed by atoms with van der Waals surface area (Å²) in [6.45, 7) is 7.20. The molecule has 1 aromatic rings. The standard InChI is InChI=1S/C17H26N4O2S.HI/c1-6-12-19-17(18-7-2)20-13-15-8-10-16(11-9-15)24(22,23)21(5)14(3)4;/h1,8-11,14H,7,12-13H2,2-5H3,(H2,18,19,20);1H. The molecule has 8 heteroatoms. The number of terminal acetylenes is 1. The highest BCUT2D eigenvalue weighted by molar-refractivity contribution is 14.0. The highest BCUT2D eigenvalue weighted by atomic mass is 127. The fourth-order valence-corrected chi connectivity index (χ4v) is 3.23. The van der Waals surface area contributed by atoms with Gasteiger partial charge in [-0.15, -0.1) is 30.4 Å². The van der Waals surface area contributed by atoms with Gasteiger partial charge in [0.15, 0.2) is 5.96 Å². The van der Waals surface area contributed by atoms with Gasteiger partial charge < -0.3 is 10.6 Å². The van der Waals surface area contributed by atoms with Crippen molar-refractivity contribution in [1.82, 2.24) is 14.9 Å². The molecule has 0 saturated heterocycles. The Kier molecular flexibility index (Phi) is 10.7. The van der Waals surface area contributed by atoms with Crippen molar-refractivity contribution in [2.75, 3.05) is 20.1 Å². The molecule has 0 saturated carbocycles. The predicted octanol–water partition coefficient (Wildman–Crippen LogP) is 2.02. The number of nitrogens with one attached hydrogen (secondary N) is 2. The van der Waals surface area contributed by atoms with Crippen molar-refractivity contribution < 1.29 is 8.42 Å². The molecule has 6 nitrogen and oxygen atoms in total. The van der Waals surface area contributed by atoms with Crippen molar-refractivity contribution >= 4 is 40.0 Å². The second-order valence-corrected chi connectivity index (χ2v) is 7.51. The summed E-state index contributed by atoms with van der Waals surface area (Å²) in [6.07, 6.45) is 5.23. The van der Waals surface area contributed by atoms with Crippen LogP contribution >= 0.6 is 24.0 Å². The molecule has 0 bridgehead atoms. The van der Waals surface area contributed by atoms with E-state index in [2.05, 4.69) is 21.5 Å². The summed E-state index contributed by atoms with van der Waals surface area (Å²) in [7, 11) is -1.87. The quantitative estimate of drug-likeness (QED) is 0.272. The summed E-state index contributed by atoms with van der Waals surface area (Å²) >= 11 is 0. The minimum Gasteiger partial charge on any atom is -0.357 e. The molecule has 2 N–H and O–H groups in total. The lowest BCUT2D eigenvalue weighted by molar-refractivity contribution is 0.410. The first-order chi connectivity index (χ1) is 11.3. The normalized spacial score (nSPS) is 11.8. The first kappa shape index (κ1) is 23.7. The van der Waals surface area contributed by atoms with E-state index < -0.39 is 10.0 Å². The molecule has 0 aliphatic rings. The van der Waals surface area contributed by atoms with E-state index in [1.807, 2.05) is 20.8 Å². The van der Waals surface area contributed by atoms with Gasteiger partial charge in [0.05, 0.1) is 18.0 Å². The Morgan fingerprint density at radius 3 is 2.36 bits per heavy atom. The molecule has 0 aromatic heterocycles. The van der Waals surface area contributed by atoms with Crippen LogP contribution in [0.1, 0.15) is 26.3 Å². The Bertz CT molecular complexity index is 694. The largest absolute Gasteiger partial charge is 0.357 e. The Labute approximate surface area is 168 Å². The maximum Gasteiger partial charge on any atom is 0.243 e. The summed E-state index contributed by atoms with van der Waals surface area (Å²) in [5.41, 5.74) is 0.916. The molecule has 0 unspecified atom stereocenters. The monoisotopic (exact) mass is 478 g/mol. The number of rotatable bonds is 7. The minimum atomic E-state index is -3.46. The third-order valence-corrected chi connectivity index (χ3v) is 5.50. The number of aliphatic imine (C=N–C) groups is 1. The number of halogens is 1. The minimum absolute atomic E-state index is 0. The Morgan fingerprint density at radius 2 is 1.88 bits per heavy atom. The molecule has 1 aromatic carbocycles. The fourth-order valence-electron chi connectivity index (χ4n) is 1.86. The van der Waals surface area contributed by atoms with Gasteiger partial charge in [0, 0.05) is 19.6 Å². The predicted molar refractivity (Wildman–Crippen MR) is 114 cm³/mol. The van der Waals surface area contributed by atoms with Crippen molar-refractivity contribution in [2.45, 2.75) is 38.3 Å². The molecule has 0 spiro atoms. The maximum absolute atomic E-state index is 12.4. The molecule has 0 amide bonds. The van der Waals surface area contributed by atoms with Gasteiger partial charge in [0.2, 0.25) is 10.0 Å². The van der Waals surface area contributed by atoms with E-state index in [0.29, 0.717) is 19.0 Å². The molecule has 140 valence electrons. The molecule has 0 aliphatic heterocycles. The summed E-state index contributed by atoms with van der Waals surface area (Å²) in [4.78, 5) is 4.70. The lowest BCUT2D eigenvalue weighted by Gasteiger charge is -2.21. The molecule has 0 atom stereocenters. The topological polar surface area (TPSA) is 73.8 Å². The van der Waals surface area contributed by atoms with Gasteiger partial charge in [-0.1, -0.05) is 18.1 Å². The van der Waals surface area contributed by atoms with E-state index in [0.717, 1.165) is 12.1 Å². The van der Waals surface area contributed by atoms with Crippen molar-refractivity contribution in [2.24, 2.45) is 4.99 Å². The van der Waals surface area contributed by atoms with Crippen LogP contribution in [0.2, 0.25) is 0 Å². The Morgan fingerprint density at radius 1 is 1.28 bits per heavy atom. The first-order valence-corrected chi connectivity index (χ1v) is 9.29.